The molecule has 30 heavy (non-hydrogen) atoms. The lowest BCUT2D eigenvalue weighted by Crippen LogP contribution is -2.37. The second-order valence-corrected chi connectivity index (χ2v) is 7.89. The molecule has 0 radical (unpaired) electrons. The van der Waals surface area contributed by atoms with E-state index in [0.29, 0.717) is 17.9 Å². The molecule has 2 aromatic carbocycles. The Morgan fingerprint density at radius 1 is 1.10 bits per heavy atom. The number of likely N-dealkylation sites (N-methyl/N-ethyl adjacent to an activating group) is 1. The molecule has 3 aromatic rings. The minimum absolute atomic E-state index is 0.0525. The number of benzene rings is 2. The number of ketones is 1. The summed E-state index contributed by atoms with van der Waals surface area (Å²) in [6, 6.07) is 14.2. The monoisotopic (exact) mass is 426 g/mol. The molecule has 0 saturated carbocycles. The Morgan fingerprint density at radius 3 is 2.47 bits per heavy atom. The van der Waals surface area contributed by atoms with Gasteiger partial charge in [-0.15, -0.1) is 11.3 Å². The van der Waals surface area contributed by atoms with Crippen LogP contribution >= 0.6 is 11.3 Å². The number of ether oxygens (including phenoxy) is 2. The first-order valence-electron chi connectivity index (χ1n) is 9.36. The number of nitrogens with zero attached hydrogens (tertiary/aromatic N) is 2. The molecule has 0 aliphatic rings. The van der Waals surface area contributed by atoms with Crippen LogP contribution in [0.3, 0.4) is 0 Å². The van der Waals surface area contributed by atoms with Crippen molar-refractivity contribution in [1.29, 1.82) is 0 Å². The summed E-state index contributed by atoms with van der Waals surface area (Å²) in [5.74, 6) is -0.597. The van der Waals surface area contributed by atoms with Gasteiger partial charge >= 0.3 is 5.97 Å². The van der Waals surface area contributed by atoms with Crippen LogP contribution < -0.4 is 4.74 Å². The van der Waals surface area contributed by atoms with Crippen LogP contribution in [0.5, 0.6) is 5.75 Å². The molecule has 8 heteroatoms. The van der Waals surface area contributed by atoms with Crippen LogP contribution in [0.2, 0.25) is 0 Å². The number of carbonyl (C=O) groups excluding carboxylic acids is 3. The van der Waals surface area contributed by atoms with Crippen molar-refractivity contribution in [2.75, 3.05) is 13.7 Å². The molecule has 7 nitrogen and oxygen atoms in total. The number of hydrogen-bond donors (Lipinski definition) is 0. The van der Waals surface area contributed by atoms with E-state index in [1.165, 1.54) is 30.1 Å². The van der Waals surface area contributed by atoms with Crippen molar-refractivity contribution in [2.45, 2.75) is 26.5 Å². The van der Waals surface area contributed by atoms with Crippen LogP contribution in [0.4, 0.5) is 0 Å². The van der Waals surface area contributed by atoms with E-state index in [1.807, 2.05) is 24.3 Å². The number of esters is 1. The fourth-order valence-electron chi connectivity index (χ4n) is 2.79. The number of thiazole rings is 1. The summed E-state index contributed by atoms with van der Waals surface area (Å²) in [7, 11) is 1.64. The Kier molecular flexibility index (Phi) is 6.79. The van der Waals surface area contributed by atoms with Crippen LogP contribution in [0.25, 0.3) is 10.2 Å². The molecule has 0 N–H and O–H groups in total. The van der Waals surface area contributed by atoms with Crippen molar-refractivity contribution in [3.8, 4) is 5.75 Å². The Hall–Kier alpha value is -3.26. The van der Waals surface area contributed by atoms with Gasteiger partial charge in [0, 0.05) is 12.6 Å². The number of Topliss-reactive ketones (excluding diaryl/α,β-unsaturated/α-hetero) is 1. The number of carbonyl (C=O) groups is 3. The Bertz CT molecular complexity index is 1030. The summed E-state index contributed by atoms with van der Waals surface area (Å²) in [5.41, 5.74) is 1.45. The first-order chi connectivity index (χ1) is 14.3. The average molecular weight is 426 g/mol. The summed E-state index contributed by atoms with van der Waals surface area (Å²) in [6.07, 6.45) is -0.944. The molecule has 0 aliphatic heterocycles. The number of para-hydroxylation sites is 1. The van der Waals surface area contributed by atoms with E-state index >= 15 is 0 Å². The quantitative estimate of drug-likeness (QED) is 0.405. The lowest BCUT2D eigenvalue weighted by Gasteiger charge is -2.20. The first-order valence-corrected chi connectivity index (χ1v) is 10.2. The lowest BCUT2D eigenvalue weighted by molar-refractivity contribution is -0.160. The Balaban J connectivity index is 1.48. The predicted octanol–water partition coefficient (Wildman–Crippen LogP) is 3.47. The van der Waals surface area contributed by atoms with E-state index < -0.39 is 12.1 Å². The van der Waals surface area contributed by atoms with Gasteiger partial charge in [0.1, 0.15) is 10.8 Å². The Morgan fingerprint density at radius 2 is 1.80 bits per heavy atom. The maximum atomic E-state index is 12.5. The highest BCUT2D eigenvalue weighted by molar-refractivity contribution is 7.18. The van der Waals surface area contributed by atoms with Gasteiger partial charge in [-0.25, -0.2) is 9.78 Å². The van der Waals surface area contributed by atoms with E-state index in [4.69, 9.17) is 9.47 Å². The normalized spacial score (nSPS) is 11.7. The van der Waals surface area contributed by atoms with Gasteiger partial charge < -0.3 is 14.4 Å². The molecule has 0 saturated heterocycles. The van der Waals surface area contributed by atoms with Gasteiger partial charge in [-0.05, 0) is 50.2 Å². The van der Waals surface area contributed by atoms with Gasteiger partial charge in [-0.3, -0.25) is 9.59 Å². The first kappa shape index (κ1) is 21.4. The standard InChI is InChI=1S/C22H22N2O5S/c1-14(25)16-8-10-17(11-9-16)28-13-21(26)29-15(2)22(27)24(3)12-20-23-18-6-4-5-7-19(18)30-20/h4-11,15H,12-13H2,1-3H3. The molecule has 0 aliphatic carbocycles. The molecule has 1 amide bonds. The zero-order valence-electron chi connectivity index (χ0n) is 17.0. The van der Waals surface area contributed by atoms with Crippen LogP contribution in [-0.2, 0) is 20.9 Å². The molecule has 156 valence electrons. The van der Waals surface area contributed by atoms with Crippen molar-refractivity contribution < 1.29 is 23.9 Å². The summed E-state index contributed by atoms with van der Waals surface area (Å²) in [5, 5.41) is 0.808. The van der Waals surface area contributed by atoms with Crippen LogP contribution in [0.15, 0.2) is 48.5 Å². The minimum Gasteiger partial charge on any atom is -0.482 e. The summed E-state index contributed by atoms with van der Waals surface area (Å²) >= 11 is 1.52. The number of fused-ring (bicyclic) bond motifs is 1. The fourth-order valence-corrected chi connectivity index (χ4v) is 3.81. The van der Waals surface area contributed by atoms with Crippen molar-refractivity contribution in [1.82, 2.24) is 9.88 Å². The summed E-state index contributed by atoms with van der Waals surface area (Å²) in [6.45, 7) is 2.99. The molecule has 0 spiro atoms. The molecule has 1 aromatic heterocycles. The van der Waals surface area contributed by atoms with E-state index in [9.17, 15) is 14.4 Å². The number of amides is 1. The van der Waals surface area contributed by atoms with Crippen LogP contribution in [-0.4, -0.2) is 47.3 Å². The van der Waals surface area contributed by atoms with Crippen molar-refractivity contribution in [2.24, 2.45) is 0 Å². The molecule has 1 unspecified atom stereocenters. The molecular weight excluding hydrogens is 404 g/mol. The zero-order chi connectivity index (χ0) is 21.7. The van der Waals surface area contributed by atoms with Gasteiger partial charge in [0.2, 0.25) is 0 Å². The van der Waals surface area contributed by atoms with E-state index in [2.05, 4.69) is 4.98 Å². The van der Waals surface area contributed by atoms with Crippen molar-refractivity contribution in [3.05, 3.63) is 59.1 Å². The minimum atomic E-state index is -0.944. The fraction of sp³-hybridized carbons (Fsp3) is 0.273. The number of aromatic nitrogens is 1. The van der Waals surface area contributed by atoms with Gasteiger partial charge in [-0.1, -0.05) is 12.1 Å². The summed E-state index contributed by atoms with van der Waals surface area (Å²) < 4.78 is 11.6. The van der Waals surface area contributed by atoms with Gasteiger partial charge in [0.05, 0.1) is 16.8 Å². The third-order valence-corrected chi connectivity index (χ3v) is 5.38. The topological polar surface area (TPSA) is 85.8 Å². The van der Waals surface area contributed by atoms with Crippen LogP contribution in [0, 0.1) is 0 Å². The highest BCUT2D eigenvalue weighted by atomic mass is 32.1. The third-order valence-electron chi connectivity index (χ3n) is 4.36. The van der Waals surface area contributed by atoms with Gasteiger partial charge in [0.15, 0.2) is 18.5 Å². The molecule has 1 atom stereocenters. The third kappa shape index (κ3) is 5.42. The van der Waals surface area contributed by atoms with E-state index in [1.54, 1.807) is 31.3 Å². The SMILES string of the molecule is CC(=O)c1ccc(OCC(=O)OC(C)C(=O)N(C)Cc2nc3ccccc3s2)cc1. The molecule has 1 heterocycles. The highest BCUT2D eigenvalue weighted by Gasteiger charge is 2.22. The molecule has 3 rings (SSSR count). The Labute approximate surface area is 178 Å². The zero-order valence-corrected chi connectivity index (χ0v) is 17.8. The second-order valence-electron chi connectivity index (χ2n) is 6.77. The lowest BCUT2D eigenvalue weighted by atomic mass is 10.1. The van der Waals surface area contributed by atoms with Gasteiger partial charge in [-0.2, -0.15) is 0 Å². The van der Waals surface area contributed by atoms with Gasteiger partial charge in [0.25, 0.3) is 5.91 Å². The second kappa shape index (κ2) is 9.49. The van der Waals surface area contributed by atoms with Crippen LogP contribution in [0.1, 0.15) is 29.2 Å². The molecule has 0 fully saturated rings. The van der Waals surface area contributed by atoms with E-state index in [-0.39, 0.29) is 18.3 Å². The maximum absolute atomic E-state index is 12.5. The highest BCUT2D eigenvalue weighted by Crippen LogP contribution is 2.22. The number of hydrogen-bond acceptors (Lipinski definition) is 7. The van der Waals surface area contributed by atoms with Crippen molar-refractivity contribution in [3.63, 3.8) is 0 Å². The van der Waals surface area contributed by atoms with Crippen molar-refractivity contribution >= 4 is 39.2 Å². The largest absolute Gasteiger partial charge is 0.482 e. The predicted molar refractivity (Wildman–Crippen MR) is 114 cm³/mol. The smallest absolute Gasteiger partial charge is 0.344 e. The molecule has 0 bridgehead atoms. The van der Waals surface area contributed by atoms with E-state index in [0.717, 1.165) is 15.2 Å². The average Bonchev–Trinajstić information content (AvgIpc) is 3.14. The summed E-state index contributed by atoms with van der Waals surface area (Å²) in [4.78, 5) is 41.8. The maximum Gasteiger partial charge on any atom is 0.344 e. The molecular formula is C22H22N2O5S. The number of rotatable bonds is 8.